The Bertz CT molecular complexity index is 754. The monoisotopic (exact) mass is 447 g/mol. The molecule has 1 saturated carbocycles. The molecule has 0 spiro atoms. The van der Waals surface area contributed by atoms with E-state index in [1.165, 1.54) is 12.8 Å². The average Bonchev–Trinajstić information content (AvgIpc) is 3.32. The van der Waals surface area contributed by atoms with Crippen LogP contribution in [0.5, 0.6) is 0 Å². The average molecular weight is 448 g/mol. The van der Waals surface area contributed by atoms with E-state index >= 15 is 0 Å². The second-order valence-electron chi connectivity index (χ2n) is 8.04. The third-order valence-electron chi connectivity index (χ3n) is 5.69. The maximum Gasteiger partial charge on any atom is 0.417 e. The first-order chi connectivity index (χ1) is 14.3. The summed E-state index contributed by atoms with van der Waals surface area (Å²) < 4.78 is 43.7. The van der Waals surface area contributed by atoms with Crippen molar-refractivity contribution < 1.29 is 17.9 Å². The number of nitrogens with one attached hydrogen (secondary N) is 2. The summed E-state index contributed by atoms with van der Waals surface area (Å²) in [5.41, 5.74) is -0.577. The highest BCUT2D eigenvalue weighted by molar-refractivity contribution is 6.33. The van der Waals surface area contributed by atoms with Crippen LogP contribution in [-0.2, 0) is 10.9 Å². The van der Waals surface area contributed by atoms with Gasteiger partial charge in [-0.15, -0.1) is 0 Å². The molecule has 1 aromatic rings. The number of anilines is 1. The number of nitrogens with zero attached hydrogens (tertiary/aromatic N) is 3. The van der Waals surface area contributed by atoms with Crippen molar-refractivity contribution in [3.8, 4) is 0 Å². The predicted octanol–water partition coefficient (Wildman–Crippen LogP) is 3.70. The molecule has 10 heteroatoms. The summed E-state index contributed by atoms with van der Waals surface area (Å²) in [6, 6.07) is 1.04. The number of hydrogen-bond acceptors (Lipinski definition) is 4. The number of ether oxygens (including phenoxy) is 1. The molecule has 1 saturated heterocycles. The van der Waals surface area contributed by atoms with Gasteiger partial charge in [-0.1, -0.05) is 11.6 Å². The fraction of sp³-hybridized carbons (Fsp3) is 0.700. The van der Waals surface area contributed by atoms with Gasteiger partial charge < -0.3 is 20.3 Å². The summed E-state index contributed by atoms with van der Waals surface area (Å²) in [7, 11) is 1.72. The van der Waals surface area contributed by atoms with Crippen molar-refractivity contribution >= 4 is 23.4 Å². The zero-order chi connectivity index (χ0) is 21.8. The van der Waals surface area contributed by atoms with E-state index in [9.17, 15) is 13.2 Å². The summed E-state index contributed by atoms with van der Waals surface area (Å²) in [6.07, 6.45) is 0.565. The molecule has 6 nitrogen and oxygen atoms in total. The van der Waals surface area contributed by atoms with Gasteiger partial charge in [-0.3, -0.25) is 4.99 Å². The zero-order valence-corrected chi connectivity index (χ0v) is 18.1. The topological polar surface area (TPSA) is 61.8 Å². The fourth-order valence-corrected chi connectivity index (χ4v) is 3.92. The Hall–Kier alpha value is -1.74. The van der Waals surface area contributed by atoms with Gasteiger partial charge in [0.05, 0.1) is 10.6 Å². The molecule has 1 aliphatic heterocycles. The molecule has 30 heavy (non-hydrogen) atoms. The third kappa shape index (κ3) is 5.91. The molecule has 1 aromatic heterocycles. The summed E-state index contributed by atoms with van der Waals surface area (Å²) >= 11 is 6.10. The zero-order valence-electron chi connectivity index (χ0n) is 17.4. The highest BCUT2D eigenvalue weighted by atomic mass is 35.5. The van der Waals surface area contributed by atoms with Crippen molar-refractivity contribution in [2.24, 2.45) is 10.4 Å². The van der Waals surface area contributed by atoms with Crippen LogP contribution in [0.2, 0.25) is 5.02 Å². The van der Waals surface area contributed by atoms with Crippen LogP contribution in [0.25, 0.3) is 0 Å². The number of methoxy groups -OCH3 is 1. The second kappa shape index (κ2) is 9.60. The maximum atomic E-state index is 12.8. The van der Waals surface area contributed by atoms with Crippen molar-refractivity contribution in [3.05, 3.63) is 22.8 Å². The number of alkyl halides is 3. The lowest BCUT2D eigenvalue weighted by Gasteiger charge is -2.21. The van der Waals surface area contributed by atoms with E-state index in [0.717, 1.165) is 50.8 Å². The van der Waals surface area contributed by atoms with Crippen LogP contribution in [0, 0.1) is 5.41 Å². The molecule has 0 amide bonds. The van der Waals surface area contributed by atoms with Gasteiger partial charge in [0.15, 0.2) is 5.96 Å². The summed E-state index contributed by atoms with van der Waals surface area (Å²) in [5.74, 6) is 1.15. The predicted molar refractivity (Wildman–Crippen MR) is 112 cm³/mol. The molecule has 168 valence electrons. The minimum Gasteiger partial charge on any atom is -0.385 e. The largest absolute Gasteiger partial charge is 0.417 e. The molecular formula is C20H29ClF3N5O. The van der Waals surface area contributed by atoms with E-state index in [2.05, 4.69) is 15.6 Å². The van der Waals surface area contributed by atoms with Gasteiger partial charge in [0, 0.05) is 52.1 Å². The first-order valence-corrected chi connectivity index (χ1v) is 10.7. The second-order valence-corrected chi connectivity index (χ2v) is 8.45. The maximum absolute atomic E-state index is 12.8. The minimum atomic E-state index is -4.45. The van der Waals surface area contributed by atoms with Gasteiger partial charge in [0.25, 0.3) is 0 Å². The van der Waals surface area contributed by atoms with Crippen LogP contribution in [0.1, 0.15) is 38.2 Å². The van der Waals surface area contributed by atoms with Crippen LogP contribution >= 0.6 is 11.6 Å². The molecule has 2 N–H and O–H groups in total. The highest BCUT2D eigenvalue weighted by Crippen LogP contribution is 2.49. The van der Waals surface area contributed by atoms with Crippen LogP contribution in [-0.4, -0.2) is 56.9 Å². The fourth-order valence-electron chi connectivity index (χ4n) is 3.63. The van der Waals surface area contributed by atoms with E-state index in [4.69, 9.17) is 21.3 Å². The number of hydrogen-bond donors (Lipinski definition) is 2. The molecule has 0 radical (unpaired) electrons. The lowest BCUT2D eigenvalue weighted by atomic mass is 10.0. The molecule has 1 aliphatic carbocycles. The first-order valence-electron chi connectivity index (χ1n) is 10.3. The Morgan fingerprint density at radius 2 is 2.20 bits per heavy atom. The third-order valence-corrected chi connectivity index (χ3v) is 5.97. The lowest BCUT2D eigenvalue weighted by Crippen LogP contribution is -2.45. The van der Waals surface area contributed by atoms with Crippen molar-refractivity contribution in [2.45, 2.75) is 44.8 Å². The molecule has 0 aromatic carbocycles. The molecule has 1 atom stereocenters. The van der Waals surface area contributed by atoms with E-state index in [0.29, 0.717) is 18.9 Å². The summed E-state index contributed by atoms with van der Waals surface area (Å²) in [5, 5.41) is 6.74. The van der Waals surface area contributed by atoms with Crippen LogP contribution in [0.3, 0.4) is 0 Å². The standard InChI is InChI=1S/C20H29ClF3N5O/c1-3-25-18(27-13-19(5-6-19)7-9-30-2)28-15-4-8-29(12-15)17-16(21)10-14(11-26-17)20(22,23)24/h10-11,15H,3-9,12-13H2,1-2H3,(H2,25,27,28). The molecule has 3 rings (SSSR count). The van der Waals surface area contributed by atoms with Crippen LogP contribution in [0.4, 0.5) is 19.0 Å². The molecule has 2 fully saturated rings. The van der Waals surface area contributed by atoms with Crippen molar-refractivity contribution in [3.63, 3.8) is 0 Å². The van der Waals surface area contributed by atoms with Crippen molar-refractivity contribution in [1.29, 1.82) is 0 Å². The summed E-state index contributed by atoms with van der Waals surface area (Å²) in [6.45, 7) is 5.53. The number of halogens is 4. The van der Waals surface area contributed by atoms with Gasteiger partial charge >= 0.3 is 6.18 Å². The highest BCUT2D eigenvalue weighted by Gasteiger charge is 2.42. The van der Waals surface area contributed by atoms with E-state index in [1.807, 2.05) is 11.8 Å². The van der Waals surface area contributed by atoms with Gasteiger partial charge in [0.1, 0.15) is 5.82 Å². The van der Waals surface area contributed by atoms with E-state index in [1.54, 1.807) is 7.11 Å². The van der Waals surface area contributed by atoms with Crippen LogP contribution < -0.4 is 15.5 Å². The molecular weight excluding hydrogens is 419 g/mol. The van der Waals surface area contributed by atoms with Gasteiger partial charge in [-0.05, 0) is 44.1 Å². The first kappa shape index (κ1) is 22.9. The smallest absolute Gasteiger partial charge is 0.385 e. The number of rotatable bonds is 8. The number of guanidine groups is 1. The number of aromatic nitrogens is 1. The number of aliphatic imine (C=N–C) groups is 1. The van der Waals surface area contributed by atoms with E-state index in [-0.39, 0.29) is 16.5 Å². The molecule has 0 bridgehead atoms. The van der Waals surface area contributed by atoms with Crippen molar-refractivity contribution in [1.82, 2.24) is 15.6 Å². The quantitative estimate of drug-likeness (QED) is 0.470. The summed E-state index contributed by atoms with van der Waals surface area (Å²) in [4.78, 5) is 10.6. The van der Waals surface area contributed by atoms with Gasteiger partial charge in [-0.25, -0.2) is 4.98 Å². The molecule has 2 aliphatic rings. The van der Waals surface area contributed by atoms with Crippen molar-refractivity contribution in [2.75, 3.05) is 44.8 Å². The van der Waals surface area contributed by atoms with Gasteiger partial charge in [0.2, 0.25) is 0 Å². The Morgan fingerprint density at radius 1 is 1.43 bits per heavy atom. The van der Waals surface area contributed by atoms with Gasteiger partial charge in [-0.2, -0.15) is 13.2 Å². The minimum absolute atomic E-state index is 0.0138. The Morgan fingerprint density at radius 3 is 2.80 bits per heavy atom. The SMILES string of the molecule is CCNC(=NCC1(CCOC)CC1)NC1CCN(c2ncc(C(F)(F)F)cc2Cl)C1. The Labute approximate surface area is 180 Å². The van der Waals surface area contributed by atoms with Crippen LogP contribution in [0.15, 0.2) is 17.3 Å². The van der Waals surface area contributed by atoms with E-state index < -0.39 is 11.7 Å². The number of pyridine rings is 1. The Balaban J connectivity index is 1.59. The lowest BCUT2D eigenvalue weighted by molar-refractivity contribution is -0.137. The normalized spacial score (nSPS) is 21.1. The molecule has 1 unspecified atom stereocenters. The molecule has 2 heterocycles. The Kier molecular flexibility index (Phi) is 7.34.